The van der Waals surface area contributed by atoms with Crippen molar-refractivity contribution in [1.82, 2.24) is 10.3 Å². The molecule has 1 saturated carbocycles. The molecule has 8 nitrogen and oxygen atoms in total. The highest BCUT2D eigenvalue weighted by Gasteiger charge is 2.68. The summed E-state index contributed by atoms with van der Waals surface area (Å²) in [5.41, 5.74) is 1.44. The van der Waals surface area contributed by atoms with Crippen molar-refractivity contribution in [2.75, 3.05) is 0 Å². The Morgan fingerprint density at radius 1 is 1.17 bits per heavy atom. The third-order valence-electron chi connectivity index (χ3n) is 9.30. The number of hydrogen-bond donors (Lipinski definition) is 3. The van der Waals surface area contributed by atoms with Crippen LogP contribution in [0.5, 0.6) is 0 Å². The van der Waals surface area contributed by atoms with Crippen molar-refractivity contribution in [1.29, 1.82) is 0 Å². The smallest absolute Gasteiger partial charge is 0.303 e. The number of esters is 1. The largest absolute Gasteiger partial charge is 0.450 e. The number of rotatable bonds is 3. The van der Waals surface area contributed by atoms with Gasteiger partial charge in [-0.25, -0.2) is 0 Å². The number of allylic oxidation sites excluding steroid dienone is 3. The molecule has 3 aliphatic rings. The molecule has 220 valence electrons. The van der Waals surface area contributed by atoms with Crippen molar-refractivity contribution >= 4 is 34.3 Å². The van der Waals surface area contributed by atoms with E-state index < -0.39 is 58.9 Å². The topological polar surface area (TPSA) is 126 Å². The van der Waals surface area contributed by atoms with E-state index in [9.17, 15) is 24.3 Å². The molecule has 1 spiro atoms. The molecule has 0 radical (unpaired) electrons. The average Bonchev–Trinajstić information content (AvgIpc) is 3.49. The van der Waals surface area contributed by atoms with Crippen LogP contribution in [0.25, 0.3) is 10.9 Å². The van der Waals surface area contributed by atoms with Crippen LogP contribution in [-0.4, -0.2) is 51.8 Å². The second-order valence-electron chi connectivity index (χ2n) is 12.0. The molecule has 0 bridgehead atoms. The highest BCUT2D eigenvalue weighted by Crippen LogP contribution is 2.56. The van der Waals surface area contributed by atoms with Crippen molar-refractivity contribution in [3.8, 4) is 0 Å². The predicted molar refractivity (Wildman–Crippen MR) is 159 cm³/mol. The minimum Gasteiger partial charge on any atom is -0.450 e. The first-order valence-corrected chi connectivity index (χ1v) is 14.5. The lowest BCUT2D eigenvalue weighted by molar-refractivity contribution is -0.149. The number of hydrogen-bond acceptors (Lipinski definition) is 6. The van der Waals surface area contributed by atoms with Crippen molar-refractivity contribution in [2.24, 2.45) is 29.1 Å². The maximum absolute atomic E-state index is 14.3. The molecular weight excluding hydrogens is 532 g/mol. The summed E-state index contributed by atoms with van der Waals surface area (Å²) < 4.78 is 5.34. The van der Waals surface area contributed by atoms with Crippen LogP contribution in [0, 0.1) is 29.1 Å². The molecule has 8 heteroatoms. The van der Waals surface area contributed by atoms with E-state index in [0.29, 0.717) is 24.0 Å². The van der Waals surface area contributed by atoms with E-state index in [2.05, 4.69) is 16.9 Å². The van der Waals surface area contributed by atoms with Gasteiger partial charge in [0.15, 0.2) is 11.9 Å². The van der Waals surface area contributed by atoms with Gasteiger partial charge >= 0.3 is 5.97 Å². The van der Waals surface area contributed by atoms with Crippen molar-refractivity contribution in [2.45, 2.75) is 58.8 Å². The average molecular weight is 571 g/mol. The molecule has 2 aliphatic carbocycles. The molecule has 5 rings (SSSR count). The second-order valence-corrected chi connectivity index (χ2v) is 12.0. The first-order chi connectivity index (χ1) is 20.0. The van der Waals surface area contributed by atoms with E-state index in [4.69, 9.17) is 4.74 Å². The number of fused-ring (bicyclic) bond motifs is 1. The lowest BCUT2D eigenvalue weighted by atomic mass is 9.52. The van der Waals surface area contributed by atoms with E-state index in [0.717, 1.165) is 28.6 Å². The normalized spacial score (nSPS) is 36.4. The number of aliphatic hydroxyl groups excluding tert-OH is 1. The van der Waals surface area contributed by atoms with Crippen molar-refractivity contribution in [3.63, 3.8) is 0 Å². The lowest BCUT2D eigenvalue weighted by Gasteiger charge is -2.48. The first kappa shape index (κ1) is 29.5. The number of amides is 1. The Morgan fingerprint density at radius 3 is 2.64 bits per heavy atom. The Kier molecular flexibility index (Phi) is 7.94. The molecule has 2 fully saturated rings. The number of nitrogens with one attached hydrogen (secondary N) is 2. The zero-order chi connectivity index (χ0) is 30.3. The van der Waals surface area contributed by atoms with Crippen molar-refractivity contribution in [3.05, 3.63) is 84.1 Å². The van der Waals surface area contributed by atoms with Gasteiger partial charge in [0, 0.05) is 41.9 Å². The molecule has 8 atom stereocenters. The van der Waals surface area contributed by atoms with Gasteiger partial charge < -0.3 is 20.1 Å². The van der Waals surface area contributed by atoms with Gasteiger partial charge in [0.25, 0.3) is 0 Å². The van der Waals surface area contributed by atoms with Gasteiger partial charge in [0.2, 0.25) is 11.7 Å². The summed E-state index contributed by atoms with van der Waals surface area (Å²) in [5.74, 6) is -4.07. The van der Waals surface area contributed by atoms with E-state index in [1.54, 1.807) is 13.0 Å². The van der Waals surface area contributed by atoms with Gasteiger partial charge in [-0.3, -0.25) is 19.2 Å². The minimum absolute atomic E-state index is 0.0471. The summed E-state index contributed by atoms with van der Waals surface area (Å²) >= 11 is 0. The Bertz CT molecular complexity index is 1550. The number of ether oxygens (including phenoxy) is 1. The van der Waals surface area contributed by atoms with Gasteiger partial charge in [-0.15, -0.1) is 0 Å². The highest BCUT2D eigenvalue weighted by atomic mass is 16.5. The van der Waals surface area contributed by atoms with Crippen LogP contribution in [0.3, 0.4) is 0 Å². The lowest BCUT2D eigenvalue weighted by Crippen LogP contribution is -2.58. The number of carbonyl (C=O) groups excluding carboxylic acids is 4. The number of ketones is 2. The summed E-state index contributed by atoms with van der Waals surface area (Å²) in [4.78, 5) is 56.9. The minimum atomic E-state index is -1.67. The quantitative estimate of drug-likeness (QED) is 0.289. The third kappa shape index (κ3) is 4.87. The number of benzene rings is 1. The van der Waals surface area contributed by atoms with Crippen molar-refractivity contribution < 1.29 is 29.0 Å². The summed E-state index contributed by atoms with van der Waals surface area (Å²) in [6, 6.07) is 7.48. The first-order valence-electron chi connectivity index (χ1n) is 14.5. The van der Waals surface area contributed by atoms with Crippen LogP contribution < -0.4 is 5.32 Å². The zero-order valence-corrected chi connectivity index (χ0v) is 24.4. The van der Waals surface area contributed by atoms with E-state index in [-0.39, 0.29) is 11.8 Å². The molecule has 1 aliphatic heterocycles. The molecule has 2 heterocycles. The number of H-pyrrole nitrogens is 1. The van der Waals surface area contributed by atoms with Crippen LogP contribution in [0.1, 0.15) is 39.7 Å². The number of aromatic amines is 1. The standard InChI is InChI=1S/C34H38N2O6/c1-18-9-8-11-25-31(40)21(4)20(3)30-27(16-23-17-35-26-12-7-6-10-24(23)26)36-33(41)34(25,30)29(39)14-13-28(38)32(19(2)15-18)42-22(5)37/h6-8,10-15,17-18,20,25,27,30-32,35,40H,4,9,16H2,1-3,5H3,(H,36,41)/b11-8+,14-13+,19-15-/t18-,20+,25-,27-,30?,31+,32+,34+/m0/s1. The fourth-order valence-corrected chi connectivity index (χ4v) is 7.32. The molecule has 1 aromatic heterocycles. The number of aromatic nitrogens is 1. The second kappa shape index (κ2) is 11.3. The fraction of sp³-hybridized carbons (Fsp3) is 0.412. The molecule has 1 aromatic carbocycles. The summed E-state index contributed by atoms with van der Waals surface area (Å²) in [5, 5.41) is 15.7. The number of aliphatic hydroxyl groups is 1. The van der Waals surface area contributed by atoms with Crippen LogP contribution >= 0.6 is 0 Å². The molecule has 1 amide bonds. The van der Waals surface area contributed by atoms with Crippen LogP contribution in [0.4, 0.5) is 0 Å². The SMILES string of the molecule is C=C1[C@@H](C)C2[C@H](Cc3c[nH]c4ccccc34)NC(=O)[C@]23C(=O)/C=C/C(=O)[C@H](OC(C)=O)/C(C)=C\[C@@H](C)C/C=C/[C@H]3[C@@H]1O. The Morgan fingerprint density at radius 2 is 1.90 bits per heavy atom. The molecular formula is C34H38N2O6. The Hall–Kier alpha value is -4.04. The van der Waals surface area contributed by atoms with Crippen LogP contribution in [-0.2, 0) is 30.3 Å². The summed E-state index contributed by atoms with van der Waals surface area (Å²) in [6.45, 7) is 11.0. The molecule has 42 heavy (non-hydrogen) atoms. The number of para-hydroxylation sites is 1. The van der Waals surface area contributed by atoms with E-state index >= 15 is 0 Å². The van der Waals surface area contributed by atoms with Gasteiger partial charge in [0.1, 0.15) is 5.41 Å². The molecule has 2 aromatic rings. The van der Waals surface area contributed by atoms with E-state index in [1.807, 2.05) is 56.5 Å². The maximum atomic E-state index is 14.3. The predicted octanol–water partition coefficient (Wildman–Crippen LogP) is 4.16. The van der Waals surface area contributed by atoms with E-state index in [1.165, 1.54) is 6.92 Å². The van der Waals surface area contributed by atoms with Gasteiger partial charge in [-0.05, 0) is 66.5 Å². The molecule has 1 unspecified atom stereocenters. The van der Waals surface area contributed by atoms with Crippen LogP contribution in [0.15, 0.2) is 78.6 Å². The maximum Gasteiger partial charge on any atom is 0.303 e. The van der Waals surface area contributed by atoms with Crippen LogP contribution in [0.2, 0.25) is 0 Å². The fourth-order valence-electron chi connectivity index (χ4n) is 7.32. The van der Waals surface area contributed by atoms with Gasteiger partial charge in [-0.2, -0.15) is 0 Å². The monoisotopic (exact) mass is 570 g/mol. The highest BCUT2D eigenvalue weighted by molar-refractivity contribution is 6.15. The van der Waals surface area contributed by atoms with Gasteiger partial charge in [0.05, 0.1) is 6.10 Å². The van der Waals surface area contributed by atoms with Gasteiger partial charge in [-0.1, -0.05) is 56.9 Å². The summed E-state index contributed by atoms with van der Waals surface area (Å²) in [6.07, 6.45) is 8.34. The Labute approximate surface area is 245 Å². The molecule has 3 N–H and O–H groups in total. The third-order valence-corrected chi connectivity index (χ3v) is 9.30. The Balaban J connectivity index is 1.62. The number of carbonyl (C=O) groups is 4. The zero-order valence-electron chi connectivity index (χ0n) is 24.4. The molecule has 1 saturated heterocycles. The summed E-state index contributed by atoms with van der Waals surface area (Å²) in [7, 11) is 0.